The second kappa shape index (κ2) is 9.03. The molecular weight excluding hydrogens is 342 g/mol. The number of nitrogens with one attached hydrogen (secondary N) is 1. The van der Waals surface area contributed by atoms with Gasteiger partial charge in [-0.1, -0.05) is 12.8 Å². The molecule has 7 nitrogen and oxygen atoms in total. The van der Waals surface area contributed by atoms with E-state index in [0.29, 0.717) is 19.0 Å². The van der Waals surface area contributed by atoms with Crippen molar-refractivity contribution in [2.75, 3.05) is 52.4 Å². The van der Waals surface area contributed by atoms with Gasteiger partial charge in [0, 0.05) is 39.3 Å². The molecule has 0 bridgehead atoms. The summed E-state index contributed by atoms with van der Waals surface area (Å²) < 4.78 is 0. The third-order valence-electron chi connectivity index (χ3n) is 6.17. The molecule has 0 aromatic rings. The lowest BCUT2D eigenvalue weighted by molar-refractivity contribution is -0.133. The van der Waals surface area contributed by atoms with Gasteiger partial charge < -0.3 is 10.2 Å². The molecule has 1 unspecified atom stereocenters. The largest absolute Gasteiger partial charge is 0.342 e. The van der Waals surface area contributed by atoms with E-state index in [0.717, 1.165) is 65.0 Å². The van der Waals surface area contributed by atoms with Crippen LogP contribution in [0.4, 0.5) is 0 Å². The van der Waals surface area contributed by atoms with Gasteiger partial charge in [-0.2, -0.15) is 5.26 Å². The zero-order chi connectivity index (χ0) is 19.3. The molecule has 1 atom stereocenters. The number of nitrogens with zero attached hydrogens (tertiary/aromatic N) is 4. The first-order valence-corrected chi connectivity index (χ1v) is 10.4. The highest BCUT2D eigenvalue weighted by Crippen LogP contribution is 2.39. The van der Waals surface area contributed by atoms with Gasteiger partial charge in [0.05, 0.1) is 19.2 Å². The Balaban J connectivity index is 1.37. The highest BCUT2D eigenvalue weighted by molar-refractivity contribution is 5.79. The van der Waals surface area contributed by atoms with Crippen LogP contribution in [-0.2, 0) is 9.59 Å². The number of rotatable bonds is 6. The fraction of sp³-hybridized carbons (Fsp3) is 0.850. The molecule has 3 aliphatic rings. The van der Waals surface area contributed by atoms with E-state index in [4.69, 9.17) is 0 Å². The summed E-state index contributed by atoms with van der Waals surface area (Å²) in [6.45, 7) is 7.65. The molecule has 1 aliphatic carbocycles. The van der Waals surface area contributed by atoms with Gasteiger partial charge in [-0.25, -0.2) is 0 Å². The van der Waals surface area contributed by atoms with Gasteiger partial charge >= 0.3 is 0 Å². The Kier molecular flexibility index (Phi) is 6.72. The van der Waals surface area contributed by atoms with E-state index in [9.17, 15) is 14.9 Å². The van der Waals surface area contributed by atoms with Gasteiger partial charge in [0.15, 0.2) is 0 Å². The number of likely N-dealkylation sites (tertiary alicyclic amines) is 1. The van der Waals surface area contributed by atoms with Crippen molar-refractivity contribution in [2.45, 2.75) is 51.0 Å². The first-order valence-electron chi connectivity index (χ1n) is 10.4. The number of piperazine rings is 1. The van der Waals surface area contributed by atoms with Crippen molar-refractivity contribution in [3.05, 3.63) is 0 Å². The predicted molar refractivity (Wildman–Crippen MR) is 103 cm³/mol. The SMILES string of the molecule is CC(C#N)(NC(=O)CN1CCN(CC(=O)N2CCCCCC2)CC1)C1CC1. The summed E-state index contributed by atoms with van der Waals surface area (Å²) in [5.41, 5.74) is -0.724. The van der Waals surface area contributed by atoms with Gasteiger partial charge in [-0.3, -0.25) is 19.4 Å². The number of amides is 2. The Morgan fingerprint density at radius 3 is 2.04 bits per heavy atom. The predicted octanol–water partition coefficient (Wildman–Crippen LogP) is 0.815. The molecule has 2 heterocycles. The zero-order valence-corrected chi connectivity index (χ0v) is 16.6. The maximum Gasteiger partial charge on any atom is 0.236 e. The summed E-state index contributed by atoms with van der Waals surface area (Å²) in [5, 5.41) is 12.3. The molecule has 7 heteroatoms. The highest BCUT2D eigenvalue weighted by Gasteiger charge is 2.43. The van der Waals surface area contributed by atoms with E-state index in [-0.39, 0.29) is 11.8 Å². The minimum Gasteiger partial charge on any atom is -0.342 e. The van der Waals surface area contributed by atoms with Gasteiger partial charge in [0.25, 0.3) is 0 Å². The number of hydrogen-bond acceptors (Lipinski definition) is 5. The number of carbonyl (C=O) groups excluding carboxylic acids is 2. The maximum atomic E-state index is 12.5. The molecule has 3 rings (SSSR count). The van der Waals surface area contributed by atoms with Crippen molar-refractivity contribution >= 4 is 11.8 Å². The normalized spacial score (nSPS) is 24.5. The first-order chi connectivity index (χ1) is 13.0. The molecular formula is C20H33N5O2. The Hall–Kier alpha value is -1.65. The Labute approximate surface area is 162 Å². The molecule has 2 amide bonds. The van der Waals surface area contributed by atoms with Crippen molar-refractivity contribution in [1.29, 1.82) is 5.26 Å². The molecule has 0 spiro atoms. The average Bonchev–Trinajstić information content (AvgIpc) is 3.50. The monoisotopic (exact) mass is 375 g/mol. The van der Waals surface area contributed by atoms with Crippen LogP contribution in [0.3, 0.4) is 0 Å². The van der Waals surface area contributed by atoms with Crippen LogP contribution >= 0.6 is 0 Å². The third kappa shape index (κ3) is 5.66. The Morgan fingerprint density at radius 2 is 1.52 bits per heavy atom. The lowest BCUT2D eigenvalue weighted by Crippen LogP contribution is -2.54. The summed E-state index contributed by atoms with van der Waals surface area (Å²) in [5.74, 6) is 0.477. The van der Waals surface area contributed by atoms with Crippen LogP contribution in [0.5, 0.6) is 0 Å². The lowest BCUT2D eigenvalue weighted by Gasteiger charge is -2.35. The van der Waals surface area contributed by atoms with E-state index < -0.39 is 5.54 Å². The second-order valence-corrected chi connectivity index (χ2v) is 8.48. The van der Waals surface area contributed by atoms with Crippen molar-refractivity contribution in [3.8, 4) is 6.07 Å². The molecule has 2 saturated heterocycles. The Bertz CT molecular complexity index is 569. The highest BCUT2D eigenvalue weighted by atomic mass is 16.2. The van der Waals surface area contributed by atoms with Crippen molar-refractivity contribution < 1.29 is 9.59 Å². The molecule has 2 aliphatic heterocycles. The average molecular weight is 376 g/mol. The van der Waals surface area contributed by atoms with Gasteiger partial charge in [-0.05, 0) is 38.5 Å². The summed E-state index contributed by atoms with van der Waals surface area (Å²) in [7, 11) is 0. The smallest absolute Gasteiger partial charge is 0.236 e. The molecule has 1 N–H and O–H groups in total. The fourth-order valence-electron chi connectivity index (χ4n) is 4.13. The van der Waals surface area contributed by atoms with E-state index in [1.807, 2.05) is 11.8 Å². The molecule has 0 aromatic carbocycles. The van der Waals surface area contributed by atoms with Crippen LogP contribution < -0.4 is 5.32 Å². The summed E-state index contributed by atoms with van der Waals surface area (Å²) in [6, 6.07) is 2.27. The quantitative estimate of drug-likeness (QED) is 0.743. The fourth-order valence-corrected chi connectivity index (χ4v) is 4.13. The van der Waals surface area contributed by atoms with Crippen LogP contribution in [0.15, 0.2) is 0 Å². The molecule has 0 aromatic heterocycles. The second-order valence-electron chi connectivity index (χ2n) is 8.48. The number of nitriles is 1. The first kappa shape index (κ1) is 20.1. The number of hydrogen-bond donors (Lipinski definition) is 1. The zero-order valence-electron chi connectivity index (χ0n) is 16.6. The maximum absolute atomic E-state index is 12.5. The van der Waals surface area contributed by atoms with E-state index in [1.54, 1.807) is 0 Å². The van der Waals surface area contributed by atoms with E-state index in [2.05, 4.69) is 21.2 Å². The van der Waals surface area contributed by atoms with Crippen molar-refractivity contribution in [2.24, 2.45) is 5.92 Å². The minimum absolute atomic E-state index is 0.0694. The van der Waals surface area contributed by atoms with Crippen LogP contribution in [-0.4, -0.2) is 84.4 Å². The molecule has 0 radical (unpaired) electrons. The third-order valence-corrected chi connectivity index (χ3v) is 6.17. The van der Waals surface area contributed by atoms with E-state index >= 15 is 0 Å². The van der Waals surface area contributed by atoms with Gasteiger partial charge in [0.2, 0.25) is 11.8 Å². The van der Waals surface area contributed by atoms with Gasteiger partial charge in [-0.15, -0.1) is 0 Å². The lowest BCUT2D eigenvalue weighted by atomic mass is 9.98. The summed E-state index contributed by atoms with van der Waals surface area (Å²) >= 11 is 0. The van der Waals surface area contributed by atoms with Crippen molar-refractivity contribution in [3.63, 3.8) is 0 Å². The molecule has 27 heavy (non-hydrogen) atoms. The minimum atomic E-state index is -0.724. The van der Waals surface area contributed by atoms with Crippen LogP contribution in [0.1, 0.15) is 45.4 Å². The van der Waals surface area contributed by atoms with Crippen LogP contribution in [0.25, 0.3) is 0 Å². The molecule has 3 fully saturated rings. The topological polar surface area (TPSA) is 79.7 Å². The molecule has 1 saturated carbocycles. The van der Waals surface area contributed by atoms with Gasteiger partial charge in [0.1, 0.15) is 5.54 Å². The summed E-state index contributed by atoms with van der Waals surface area (Å²) in [6.07, 6.45) is 6.75. The van der Waals surface area contributed by atoms with Crippen molar-refractivity contribution in [1.82, 2.24) is 20.0 Å². The molecule has 150 valence electrons. The standard InChI is InChI=1S/C20H33N5O2/c1-20(16-21,17-6-7-17)22-18(26)14-23-10-12-24(13-11-23)15-19(27)25-8-4-2-3-5-9-25/h17H,2-15H2,1H3,(H,22,26). The number of carbonyl (C=O) groups is 2. The van der Waals surface area contributed by atoms with E-state index in [1.165, 1.54) is 12.8 Å². The Morgan fingerprint density at radius 1 is 0.963 bits per heavy atom. The van der Waals surface area contributed by atoms with Crippen LogP contribution in [0, 0.1) is 17.2 Å². The summed E-state index contributed by atoms with van der Waals surface area (Å²) in [4.78, 5) is 31.2. The van der Waals surface area contributed by atoms with Crippen LogP contribution in [0.2, 0.25) is 0 Å².